The number of ether oxygens (including phenoxy) is 1. The van der Waals surface area contributed by atoms with Gasteiger partial charge in [-0.15, -0.1) is 5.10 Å². The first-order valence-electron chi connectivity index (χ1n) is 5.98. The fraction of sp³-hybridized carbons (Fsp3) is 0.0714. The summed E-state index contributed by atoms with van der Waals surface area (Å²) in [5.41, 5.74) is 2.44. The third kappa shape index (κ3) is 1.97. The van der Waals surface area contributed by atoms with Crippen LogP contribution in [-0.4, -0.2) is 27.8 Å². The molecule has 6 nitrogen and oxygen atoms in total. The Morgan fingerprint density at radius 2 is 2.10 bits per heavy atom. The number of nitrogens with zero attached hydrogens (tertiary/aromatic N) is 3. The fourth-order valence-electron chi connectivity index (χ4n) is 1.96. The van der Waals surface area contributed by atoms with Gasteiger partial charge < -0.3 is 10.1 Å². The van der Waals surface area contributed by atoms with Crippen molar-refractivity contribution in [2.45, 2.75) is 0 Å². The molecule has 1 aliphatic rings. The Hall–Kier alpha value is -2.89. The van der Waals surface area contributed by atoms with E-state index in [1.807, 2.05) is 36.4 Å². The second kappa shape index (κ2) is 4.65. The third-order valence-electron chi connectivity index (χ3n) is 2.86. The maximum absolute atomic E-state index is 11.5. The average molecular weight is 268 g/mol. The van der Waals surface area contributed by atoms with Gasteiger partial charge in [-0.05, 0) is 6.08 Å². The van der Waals surface area contributed by atoms with Gasteiger partial charge in [0.1, 0.15) is 0 Å². The van der Waals surface area contributed by atoms with E-state index in [4.69, 9.17) is 0 Å². The Balaban J connectivity index is 2.11. The summed E-state index contributed by atoms with van der Waals surface area (Å²) in [6, 6.07) is 9.70. The highest BCUT2D eigenvalue weighted by Crippen LogP contribution is 2.26. The summed E-state index contributed by atoms with van der Waals surface area (Å²) in [6.45, 7) is 3.88. The summed E-state index contributed by atoms with van der Waals surface area (Å²) < 4.78 is 6.20. The van der Waals surface area contributed by atoms with Crippen molar-refractivity contribution in [3.63, 3.8) is 0 Å². The highest BCUT2D eigenvalue weighted by Gasteiger charge is 2.22. The van der Waals surface area contributed by atoms with Crippen molar-refractivity contribution >= 4 is 17.6 Å². The minimum absolute atomic E-state index is 0.00605. The lowest BCUT2D eigenvalue weighted by molar-refractivity contribution is 0.0587. The van der Waals surface area contributed by atoms with Crippen LogP contribution in [0.1, 0.15) is 16.2 Å². The molecule has 20 heavy (non-hydrogen) atoms. The van der Waals surface area contributed by atoms with Crippen molar-refractivity contribution < 1.29 is 9.53 Å². The molecule has 2 aromatic rings. The summed E-state index contributed by atoms with van der Waals surface area (Å²) >= 11 is 0. The quantitative estimate of drug-likeness (QED) is 0.842. The molecule has 0 saturated heterocycles. The van der Waals surface area contributed by atoms with Gasteiger partial charge >= 0.3 is 5.97 Å². The van der Waals surface area contributed by atoms with Gasteiger partial charge in [0.2, 0.25) is 5.95 Å². The molecular weight excluding hydrogens is 256 g/mol. The van der Waals surface area contributed by atoms with Gasteiger partial charge in [0.25, 0.3) is 5.82 Å². The van der Waals surface area contributed by atoms with E-state index >= 15 is 0 Å². The first kappa shape index (κ1) is 12.2. The molecule has 1 aliphatic heterocycles. The SMILES string of the molecule is C=C1C=C(c2ccccc2)n2nc(C(=O)OC)nc2N1. The van der Waals surface area contributed by atoms with E-state index < -0.39 is 5.97 Å². The number of rotatable bonds is 2. The molecule has 3 rings (SSSR count). The molecule has 0 fully saturated rings. The van der Waals surface area contributed by atoms with Gasteiger partial charge in [-0.3, -0.25) is 0 Å². The molecule has 0 bridgehead atoms. The molecule has 0 aliphatic carbocycles. The lowest BCUT2D eigenvalue weighted by Crippen LogP contribution is -2.13. The number of benzene rings is 1. The van der Waals surface area contributed by atoms with Crippen molar-refractivity contribution in [1.82, 2.24) is 14.8 Å². The van der Waals surface area contributed by atoms with Crippen LogP contribution in [0.4, 0.5) is 5.95 Å². The predicted molar refractivity (Wildman–Crippen MR) is 73.9 cm³/mol. The minimum atomic E-state index is -0.577. The van der Waals surface area contributed by atoms with Crippen LogP contribution in [0.3, 0.4) is 0 Å². The monoisotopic (exact) mass is 268 g/mol. The van der Waals surface area contributed by atoms with E-state index in [0.29, 0.717) is 11.6 Å². The molecule has 2 heterocycles. The molecule has 0 saturated carbocycles. The Labute approximate surface area is 115 Å². The van der Waals surface area contributed by atoms with Crippen LogP contribution >= 0.6 is 0 Å². The first-order valence-corrected chi connectivity index (χ1v) is 5.98. The van der Waals surface area contributed by atoms with Gasteiger partial charge in [0, 0.05) is 11.3 Å². The van der Waals surface area contributed by atoms with Crippen LogP contribution in [0, 0.1) is 0 Å². The zero-order valence-corrected chi connectivity index (χ0v) is 10.8. The van der Waals surface area contributed by atoms with E-state index in [0.717, 1.165) is 11.3 Å². The molecule has 1 N–H and O–H groups in total. The van der Waals surface area contributed by atoms with Crippen LogP contribution in [0.15, 0.2) is 48.7 Å². The summed E-state index contributed by atoms with van der Waals surface area (Å²) in [5.74, 6) is -0.130. The smallest absolute Gasteiger partial charge is 0.378 e. The number of aromatic nitrogens is 3. The topological polar surface area (TPSA) is 69.0 Å². The Kier molecular flexibility index (Phi) is 2.83. The van der Waals surface area contributed by atoms with Crippen LogP contribution < -0.4 is 5.32 Å². The van der Waals surface area contributed by atoms with Crippen LogP contribution in [-0.2, 0) is 4.74 Å². The molecule has 1 aromatic heterocycles. The number of allylic oxidation sites excluding steroid dienone is 1. The number of fused-ring (bicyclic) bond motifs is 1. The Morgan fingerprint density at radius 3 is 2.80 bits per heavy atom. The number of hydrogen-bond acceptors (Lipinski definition) is 5. The minimum Gasteiger partial charge on any atom is -0.463 e. The normalized spacial score (nSPS) is 13.2. The highest BCUT2D eigenvalue weighted by molar-refractivity contribution is 5.86. The molecular formula is C14H12N4O2. The molecule has 0 amide bonds. The van der Waals surface area contributed by atoms with Gasteiger partial charge in [-0.2, -0.15) is 9.67 Å². The van der Waals surface area contributed by atoms with Crippen molar-refractivity contribution in [2.75, 3.05) is 12.4 Å². The van der Waals surface area contributed by atoms with Gasteiger partial charge in [0.05, 0.1) is 12.8 Å². The summed E-state index contributed by atoms with van der Waals surface area (Å²) in [6.07, 6.45) is 1.85. The molecule has 0 unspecified atom stereocenters. The maximum Gasteiger partial charge on any atom is 0.378 e. The van der Waals surface area contributed by atoms with Crippen molar-refractivity contribution in [3.05, 3.63) is 60.1 Å². The average Bonchev–Trinajstić information content (AvgIpc) is 2.90. The van der Waals surface area contributed by atoms with Crippen molar-refractivity contribution in [1.29, 1.82) is 0 Å². The zero-order chi connectivity index (χ0) is 14.1. The number of esters is 1. The molecule has 1 aromatic carbocycles. The van der Waals surface area contributed by atoms with Crippen molar-refractivity contribution in [2.24, 2.45) is 0 Å². The Bertz CT molecular complexity index is 716. The number of nitrogens with one attached hydrogen (secondary N) is 1. The fourth-order valence-corrected chi connectivity index (χ4v) is 1.96. The van der Waals surface area contributed by atoms with Gasteiger partial charge in [-0.25, -0.2) is 4.79 Å². The second-order valence-electron chi connectivity index (χ2n) is 4.21. The number of anilines is 1. The lowest BCUT2D eigenvalue weighted by Gasteiger charge is -2.17. The molecule has 100 valence electrons. The maximum atomic E-state index is 11.5. The number of carbonyl (C=O) groups excluding carboxylic acids is 1. The number of carbonyl (C=O) groups is 1. The second-order valence-corrected chi connectivity index (χ2v) is 4.21. The Morgan fingerprint density at radius 1 is 1.35 bits per heavy atom. The summed E-state index contributed by atoms with van der Waals surface area (Å²) in [5, 5.41) is 7.14. The standard InChI is InChI=1S/C14H12N4O2/c1-9-8-11(10-6-4-3-5-7-10)18-14(15-9)16-12(17-18)13(19)20-2/h3-8H,1H2,2H3,(H,15,16,17). The van der Waals surface area contributed by atoms with Crippen molar-refractivity contribution in [3.8, 4) is 0 Å². The van der Waals surface area contributed by atoms with Gasteiger partial charge in [-0.1, -0.05) is 36.9 Å². The third-order valence-corrected chi connectivity index (χ3v) is 2.86. The largest absolute Gasteiger partial charge is 0.463 e. The molecule has 0 atom stereocenters. The summed E-state index contributed by atoms with van der Waals surface area (Å²) in [7, 11) is 1.29. The van der Waals surface area contributed by atoms with Crippen LogP contribution in [0.5, 0.6) is 0 Å². The van der Waals surface area contributed by atoms with E-state index in [1.165, 1.54) is 7.11 Å². The van der Waals surface area contributed by atoms with E-state index in [2.05, 4.69) is 26.7 Å². The number of methoxy groups -OCH3 is 1. The van der Waals surface area contributed by atoms with Crippen LogP contribution in [0.25, 0.3) is 5.70 Å². The first-order chi connectivity index (χ1) is 9.69. The lowest BCUT2D eigenvalue weighted by atomic mass is 10.1. The zero-order valence-electron chi connectivity index (χ0n) is 10.8. The molecule has 0 radical (unpaired) electrons. The van der Waals surface area contributed by atoms with E-state index in [1.54, 1.807) is 4.68 Å². The van der Waals surface area contributed by atoms with Gasteiger partial charge in [0.15, 0.2) is 0 Å². The highest BCUT2D eigenvalue weighted by atomic mass is 16.5. The molecule has 6 heteroatoms. The van der Waals surface area contributed by atoms with Crippen LogP contribution in [0.2, 0.25) is 0 Å². The predicted octanol–water partition coefficient (Wildman–Crippen LogP) is 1.89. The summed E-state index contributed by atoms with van der Waals surface area (Å²) in [4.78, 5) is 15.6. The molecule has 0 spiro atoms. The van der Waals surface area contributed by atoms with E-state index in [-0.39, 0.29) is 5.82 Å². The number of hydrogen-bond donors (Lipinski definition) is 1. The van der Waals surface area contributed by atoms with E-state index in [9.17, 15) is 4.79 Å².